The summed E-state index contributed by atoms with van der Waals surface area (Å²) >= 11 is 0. The molecule has 0 aromatic carbocycles. The third-order valence-corrected chi connectivity index (χ3v) is 4.53. The first-order valence-corrected chi connectivity index (χ1v) is 9.12. The molecule has 3 rings (SSSR count). The maximum absolute atomic E-state index is 10.6. The number of nitrogens with two attached hydrogens (primary N) is 2. The highest BCUT2D eigenvalue weighted by Crippen LogP contribution is 2.36. The number of nitrogen functional groups attached to an aromatic ring is 1. The number of hydrogen-bond donors (Lipinski definition) is 3. The lowest BCUT2D eigenvalue weighted by Gasteiger charge is -2.23. The fourth-order valence-corrected chi connectivity index (χ4v) is 2.84. The van der Waals surface area contributed by atoms with Crippen molar-refractivity contribution in [3.8, 4) is 17.3 Å². The molecule has 0 bridgehead atoms. The number of pyridine rings is 1. The van der Waals surface area contributed by atoms with E-state index in [0.29, 0.717) is 53.7 Å². The second-order valence-corrected chi connectivity index (χ2v) is 8.06. The SMILES string of the molecule is CCn1c(-c2nonc2N)nc2c(C(C)(C)O)ncc(OCC(C)(C)CN)c21. The van der Waals surface area contributed by atoms with Gasteiger partial charge in [0.15, 0.2) is 23.1 Å². The highest BCUT2D eigenvalue weighted by atomic mass is 16.6. The normalized spacial score (nSPS) is 12.7. The molecule has 3 aromatic rings. The summed E-state index contributed by atoms with van der Waals surface area (Å²) in [6.45, 7) is 10.8. The number of fused-ring (bicyclic) bond motifs is 1. The van der Waals surface area contributed by atoms with Gasteiger partial charge in [0.1, 0.15) is 16.6 Å². The Kier molecular flexibility index (Phi) is 5.02. The van der Waals surface area contributed by atoms with Crippen LogP contribution in [0.4, 0.5) is 5.82 Å². The van der Waals surface area contributed by atoms with E-state index in [9.17, 15) is 5.11 Å². The van der Waals surface area contributed by atoms with E-state index >= 15 is 0 Å². The largest absolute Gasteiger partial charge is 0.489 e. The first-order chi connectivity index (χ1) is 13.1. The van der Waals surface area contributed by atoms with Gasteiger partial charge >= 0.3 is 0 Å². The van der Waals surface area contributed by atoms with Gasteiger partial charge in [-0.2, -0.15) is 0 Å². The Morgan fingerprint density at radius 3 is 2.50 bits per heavy atom. The lowest BCUT2D eigenvalue weighted by atomic mass is 9.95. The number of hydrogen-bond acceptors (Lipinski definition) is 9. The predicted octanol–water partition coefficient (Wildman–Crippen LogP) is 1.67. The molecule has 152 valence electrons. The minimum Gasteiger partial charge on any atom is -0.489 e. The van der Waals surface area contributed by atoms with Gasteiger partial charge in [0.25, 0.3) is 0 Å². The molecule has 0 atom stereocenters. The fourth-order valence-electron chi connectivity index (χ4n) is 2.84. The summed E-state index contributed by atoms with van der Waals surface area (Å²) in [7, 11) is 0. The van der Waals surface area contributed by atoms with Crippen molar-refractivity contribution in [1.29, 1.82) is 0 Å². The number of nitrogens with zero attached hydrogens (tertiary/aromatic N) is 5. The van der Waals surface area contributed by atoms with E-state index < -0.39 is 5.60 Å². The van der Waals surface area contributed by atoms with Gasteiger partial charge in [-0.1, -0.05) is 13.8 Å². The predicted molar refractivity (Wildman–Crippen MR) is 104 cm³/mol. The van der Waals surface area contributed by atoms with Crippen LogP contribution in [0.2, 0.25) is 0 Å². The monoisotopic (exact) mass is 389 g/mol. The van der Waals surface area contributed by atoms with E-state index in [2.05, 4.69) is 20.3 Å². The zero-order valence-corrected chi connectivity index (χ0v) is 16.9. The van der Waals surface area contributed by atoms with Crippen LogP contribution in [0.15, 0.2) is 10.8 Å². The van der Waals surface area contributed by atoms with Crippen molar-refractivity contribution in [1.82, 2.24) is 24.8 Å². The molecule has 3 aromatic heterocycles. The number of aliphatic hydroxyl groups is 1. The van der Waals surface area contributed by atoms with Gasteiger partial charge in [-0.05, 0) is 31.1 Å². The van der Waals surface area contributed by atoms with Crippen LogP contribution in [0.3, 0.4) is 0 Å². The van der Waals surface area contributed by atoms with Crippen LogP contribution in [-0.4, -0.2) is 43.1 Å². The van der Waals surface area contributed by atoms with Gasteiger partial charge in [-0.15, -0.1) is 0 Å². The number of aromatic nitrogens is 5. The van der Waals surface area contributed by atoms with E-state index in [0.717, 1.165) is 0 Å². The first kappa shape index (κ1) is 20.0. The number of anilines is 1. The molecular formula is C18H27N7O3. The van der Waals surface area contributed by atoms with E-state index in [1.165, 1.54) is 0 Å². The quantitative estimate of drug-likeness (QED) is 0.548. The second kappa shape index (κ2) is 7.02. The number of aryl methyl sites for hydroxylation is 1. The Morgan fingerprint density at radius 1 is 1.25 bits per heavy atom. The van der Waals surface area contributed by atoms with Crippen molar-refractivity contribution < 1.29 is 14.5 Å². The zero-order valence-electron chi connectivity index (χ0n) is 16.9. The molecule has 0 amide bonds. The molecule has 10 nitrogen and oxygen atoms in total. The molecule has 0 aliphatic carbocycles. The number of imidazole rings is 1. The zero-order chi connectivity index (χ0) is 20.7. The van der Waals surface area contributed by atoms with Gasteiger partial charge in [0, 0.05) is 18.5 Å². The van der Waals surface area contributed by atoms with Crippen LogP contribution in [0.5, 0.6) is 5.75 Å². The lowest BCUT2D eigenvalue weighted by molar-refractivity contribution is 0.0752. The highest BCUT2D eigenvalue weighted by molar-refractivity contribution is 5.88. The smallest absolute Gasteiger partial charge is 0.199 e. The maximum atomic E-state index is 10.6. The van der Waals surface area contributed by atoms with Crippen LogP contribution >= 0.6 is 0 Å². The molecule has 28 heavy (non-hydrogen) atoms. The Bertz CT molecular complexity index is 985. The third kappa shape index (κ3) is 3.52. The van der Waals surface area contributed by atoms with Crippen LogP contribution in [0.1, 0.15) is 40.3 Å². The van der Waals surface area contributed by atoms with E-state index in [-0.39, 0.29) is 11.2 Å². The summed E-state index contributed by atoms with van der Waals surface area (Å²) in [4.78, 5) is 9.10. The molecule has 10 heteroatoms. The van der Waals surface area contributed by atoms with Gasteiger partial charge in [0.05, 0.1) is 18.5 Å². The minimum absolute atomic E-state index is 0.134. The molecule has 0 spiro atoms. The second-order valence-electron chi connectivity index (χ2n) is 8.06. The topological polar surface area (TPSA) is 151 Å². The molecule has 0 radical (unpaired) electrons. The summed E-state index contributed by atoms with van der Waals surface area (Å²) in [6, 6.07) is 0. The van der Waals surface area contributed by atoms with Gasteiger partial charge in [-0.3, -0.25) is 4.98 Å². The maximum Gasteiger partial charge on any atom is 0.199 e. The molecule has 0 aliphatic rings. The standard InChI is InChI=1S/C18H27N7O3/c1-6-25-13-10(27-9-17(2,3)8-19)7-21-14(18(4,5)26)11(13)22-16(25)12-15(20)24-28-23-12/h7,26H,6,8-9,19H2,1-5H3,(H2,20,24). The van der Waals surface area contributed by atoms with Gasteiger partial charge in [0.2, 0.25) is 0 Å². The average Bonchev–Trinajstić information content (AvgIpc) is 3.21. The number of rotatable bonds is 7. The lowest BCUT2D eigenvalue weighted by Crippen LogP contribution is -2.30. The molecule has 0 unspecified atom stereocenters. The third-order valence-electron chi connectivity index (χ3n) is 4.53. The van der Waals surface area contributed by atoms with Crippen molar-refractivity contribution in [3.63, 3.8) is 0 Å². The van der Waals surface area contributed by atoms with Crippen LogP contribution in [-0.2, 0) is 12.1 Å². The number of ether oxygens (including phenoxy) is 1. The summed E-state index contributed by atoms with van der Waals surface area (Å²) in [6.07, 6.45) is 1.60. The molecule has 3 heterocycles. The Labute approximate surface area is 162 Å². The summed E-state index contributed by atoms with van der Waals surface area (Å²) in [5.74, 6) is 1.15. The van der Waals surface area contributed by atoms with Crippen molar-refractivity contribution >= 4 is 16.9 Å². The summed E-state index contributed by atoms with van der Waals surface area (Å²) in [5, 5.41) is 18.1. The highest BCUT2D eigenvalue weighted by Gasteiger charge is 2.29. The molecular weight excluding hydrogens is 362 g/mol. The van der Waals surface area contributed by atoms with Crippen molar-refractivity contribution in [2.24, 2.45) is 11.1 Å². The van der Waals surface area contributed by atoms with Gasteiger partial charge in [-0.25, -0.2) is 9.61 Å². The summed E-state index contributed by atoms with van der Waals surface area (Å²) in [5.41, 5.74) is 12.2. The molecule has 0 fully saturated rings. The van der Waals surface area contributed by atoms with E-state index in [4.69, 9.17) is 20.8 Å². The van der Waals surface area contributed by atoms with Crippen LogP contribution < -0.4 is 16.2 Å². The Morgan fingerprint density at radius 2 is 1.96 bits per heavy atom. The van der Waals surface area contributed by atoms with Crippen molar-refractivity contribution in [3.05, 3.63) is 11.9 Å². The molecule has 0 saturated heterocycles. The van der Waals surface area contributed by atoms with Crippen LogP contribution in [0.25, 0.3) is 22.6 Å². The Balaban J connectivity index is 2.26. The molecule has 5 N–H and O–H groups in total. The average molecular weight is 389 g/mol. The molecule has 0 aliphatic heterocycles. The summed E-state index contributed by atoms with van der Waals surface area (Å²) < 4.78 is 12.7. The van der Waals surface area contributed by atoms with E-state index in [1.807, 2.05) is 25.3 Å². The van der Waals surface area contributed by atoms with Crippen molar-refractivity contribution in [2.75, 3.05) is 18.9 Å². The first-order valence-electron chi connectivity index (χ1n) is 9.12. The van der Waals surface area contributed by atoms with Gasteiger partial charge < -0.3 is 25.9 Å². The fraction of sp³-hybridized carbons (Fsp3) is 0.556. The minimum atomic E-state index is -1.20. The Hall–Kier alpha value is -2.72. The molecule has 0 saturated carbocycles. The van der Waals surface area contributed by atoms with E-state index in [1.54, 1.807) is 20.0 Å². The van der Waals surface area contributed by atoms with Crippen LogP contribution in [0, 0.1) is 5.41 Å². The van der Waals surface area contributed by atoms with Crippen molar-refractivity contribution in [2.45, 2.75) is 46.8 Å².